The van der Waals surface area contributed by atoms with E-state index in [9.17, 15) is 81.5 Å². The first-order valence-corrected chi connectivity index (χ1v) is 48.3. The highest BCUT2D eigenvalue weighted by atomic mass is 35.5. The van der Waals surface area contributed by atoms with Crippen molar-refractivity contribution in [3.05, 3.63) is 369 Å². The Balaban J connectivity index is 0.000000192. The van der Waals surface area contributed by atoms with Gasteiger partial charge in [-0.05, 0) is 233 Å². The number of hydrogen-bond acceptors (Lipinski definition) is 25. The number of nitrogens with one attached hydrogen (secondary N) is 1. The number of aromatic nitrogens is 5. The molecule has 0 bridgehead atoms. The van der Waals surface area contributed by atoms with E-state index in [0.717, 1.165) is 12.8 Å². The quantitative estimate of drug-likeness (QED) is 0.0204. The van der Waals surface area contributed by atoms with Gasteiger partial charge in [-0.3, -0.25) is 57.5 Å². The van der Waals surface area contributed by atoms with Crippen molar-refractivity contribution in [2.75, 3.05) is 42.2 Å². The van der Waals surface area contributed by atoms with Crippen LogP contribution in [0.3, 0.4) is 0 Å². The number of ketones is 8. The number of nitrogens with zero attached hydrogens (tertiary/aromatic N) is 4. The van der Waals surface area contributed by atoms with Crippen molar-refractivity contribution < 1.29 is 110 Å². The lowest BCUT2D eigenvalue weighted by Crippen LogP contribution is -2.31. The first kappa shape index (κ1) is 114. The van der Waals surface area contributed by atoms with Crippen molar-refractivity contribution in [1.29, 1.82) is 0 Å². The minimum absolute atomic E-state index is 0.0205. The number of aromatic carboxylic acids is 3. The van der Waals surface area contributed by atoms with Gasteiger partial charge in [-0.2, -0.15) is 0 Å². The monoisotopic (exact) mass is 2120 g/mol. The van der Waals surface area contributed by atoms with Crippen LogP contribution in [0.25, 0.3) is 55.4 Å². The highest BCUT2D eigenvalue weighted by molar-refractivity contribution is 6.32. The van der Waals surface area contributed by atoms with Crippen molar-refractivity contribution in [2.45, 2.75) is 144 Å². The molecule has 37 heteroatoms. The molecule has 4 atom stereocenters. The van der Waals surface area contributed by atoms with Crippen LogP contribution in [-0.2, 0) is 60.9 Å². The predicted molar refractivity (Wildman–Crippen MR) is 563 cm³/mol. The summed E-state index contributed by atoms with van der Waals surface area (Å²) in [5.41, 5.74) is 7.05. The molecular formula is C113H105Cl4N5O28. The number of rotatable bonds is 41. The second kappa shape index (κ2) is 51.8. The van der Waals surface area contributed by atoms with E-state index >= 15 is 0 Å². The number of carbonyl (C=O) groups is 12. The number of Topliss-reactive ketones (excluding diaryl/α,β-unsaturated/α-hetero) is 8. The zero-order chi connectivity index (χ0) is 110. The van der Waals surface area contributed by atoms with Crippen LogP contribution in [0.2, 0.25) is 20.1 Å². The minimum Gasteiger partial charge on any atom is -0.495 e. The molecule has 0 radical (unpaired) electrons. The Morgan fingerprint density at radius 2 is 0.707 bits per heavy atom. The van der Waals surface area contributed by atoms with Gasteiger partial charge in [0.25, 0.3) is 22.2 Å². The maximum Gasteiger partial charge on any atom is 0.519 e. The first-order valence-electron chi connectivity index (χ1n) is 46.8. The Morgan fingerprint density at radius 3 is 1.03 bits per heavy atom. The van der Waals surface area contributed by atoms with Crippen molar-refractivity contribution in [3.63, 3.8) is 0 Å². The van der Waals surface area contributed by atoms with Gasteiger partial charge >= 0.3 is 29.7 Å². The summed E-state index contributed by atoms with van der Waals surface area (Å²) < 4.78 is 47.6. The van der Waals surface area contributed by atoms with Gasteiger partial charge in [-0.15, -0.1) is 0 Å². The van der Waals surface area contributed by atoms with Crippen LogP contribution in [0.4, 0.5) is 0 Å². The number of unbranched alkanes of at least 4 members (excludes halogenated alkanes) is 1. The van der Waals surface area contributed by atoms with Crippen LogP contribution < -0.4 is 47.0 Å². The van der Waals surface area contributed by atoms with Crippen molar-refractivity contribution in [3.8, 4) is 67.5 Å². The number of H-pyrrole nitrogens is 1. The average molecular weight is 2120 g/mol. The molecule has 8 aromatic carbocycles. The molecule has 778 valence electrons. The largest absolute Gasteiger partial charge is 0.519 e. The Kier molecular flexibility index (Phi) is 39.4. The molecule has 33 nitrogen and oxygen atoms in total. The van der Waals surface area contributed by atoms with Crippen LogP contribution in [0, 0.1) is 6.92 Å². The highest BCUT2D eigenvalue weighted by Gasteiger charge is 2.31. The summed E-state index contributed by atoms with van der Waals surface area (Å²) in [6.07, 6.45) is 8.59. The number of aromatic amines is 1. The maximum atomic E-state index is 13.8. The lowest BCUT2D eigenvalue weighted by Gasteiger charge is -2.21. The Morgan fingerprint density at radius 1 is 0.380 bits per heavy atom. The molecule has 150 heavy (non-hydrogen) atoms. The van der Waals surface area contributed by atoms with E-state index in [-0.39, 0.29) is 131 Å². The van der Waals surface area contributed by atoms with Crippen LogP contribution in [-0.4, -0.2) is 151 Å². The molecule has 6 aromatic heterocycles. The van der Waals surface area contributed by atoms with Crippen molar-refractivity contribution >= 4 is 127 Å². The second-order valence-electron chi connectivity index (χ2n) is 34.7. The normalized spacial score (nSPS) is 11.7. The molecule has 3 unspecified atom stereocenters. The third kappa shape index (κ3) is 28.3. The number of esters is 1. The number of carboxylic acid groups (broad SMARTS) is 3. The van der Waals surface area contributed by atoms with E-state index in [0.29, 0.717) is 150 Å². The molecule has 0 saturated heterocycles. The van der Waals surface area contributed by atoms with Gasteiger partial charge in [-0.25, -0.2) is 24.0 Å². The smallest absolute Gasteiger partial charge is 0.495 e. The van der Waals surface area contributed by atoms with E-state index < -0.39 is 76.1 Å². The zero-order valence-electron chi connectivity index (χ0n) is 83.7. The van der Waals surface area contributed by atoms with E-state index in [4.69, 9.17) is 99.0 Å². The van der Waals surface area contributed by atoms with Crippen molar-refractivity contribution in [2.24, 2.45) is 0 Å². The van der Waals surface area contributed by atoms with Gasteiger partial charge in [0.1, 0.15) is 28.7 Å². The number of carboxylic acids is 3. The van der Waals surface area contributed by atoms with Crippen LogP contribution in [0.5, 0.6) is 23.0 Å². The molecule has 6 heterocycles. The molecule has 0 fully saturated rings. The SMILES string of the molecule is CCC(C(=O)Cc1ccc(C(=O)O)cc1)n1cc(OC)c(-c2cc(Cl)ccc2C(C)=O)cc1=O.CCCCC(C(=O)Cc1ccc(C(=O)O)cc1)n1cc(OC)c(-c2cc(Cl)ccc2C(C)=O)cc1=O.COCC[C@@H](C(=O)Cc1ccc2[nH]c(C(=O)OCc3oc(=O)oc3C)cc2c1)n1cc(OC)c(-c2cc(Cl)ccc2C(C)=O)cc1=O.COc1cn(C(C)C(=O)Cc2ccc(C(=O)O)cc2)c(=O)cc1-c1cc(Cl)ccc1C(C)=O. The Hall–Kier alpha value is -16.3. The molecule has 0 aliphatic rings. The average Bonchev–Trinajstić information content (AvgIpc) is 1.02. The standard InChI is InChI=1S/C34H31ClN2O10.C28H28ClNO6.C26H24ClNO6.C25H22ClNO6/c1-18(38)23-7-6-22(35)14-24(23)25-15-32(40)37(16-30(25)44-4)28(9-10-43-3)29(39)12-20-5-8-26-21(11-20)13-27(36-26)33(41)45-17-31-19(2)46-34(42)47-31;1-4-5-6-24(25(32)13-18-7-9-19(10-8-18)28(34)35)30-16-26(36-3)23(15-27(30)33)22-14-20(29)11-12-21(22)17(2)31;1-4-22(23(30)11-16-5-7-17(8-6-16)26(32)33)28-14-24(34-3)21(13-25(28)31)20-12-18(27)9-10-19(20)15(2)29;1-14(22(29)10-16-4-6-17(7-5-16)25(31)32)27-13-23(33-3)21(12-24(27)30)20-11-18(26)8-9-19(20)15(2)28/h5-8,11,13-16,28,36H,9-10,12,17H2,1-4H3;7-12,14-16,24H,4-6,13H2,1-3H3,(H,34,35);5-10,12-14,22H,4,11H2,1-3H3,(H,32,33);4-9,11-14H,10H2,1-3H3,(H,31,32)/t28-;;;/m0.../s1. The molecule has 0 saturated carbocycles. The van der Waals surface area contributed by atoms with Gasteiger partial charge < -0.3 is 75.8 Å². The van der Waals surface area contributed by atoms with Gasteiger partial charge in [0.15, 0.2) is 64.4 Å². The van der Waals surface area contributed by atoms with E-state index in [1.165, 1.54) is 174 Å². The lowest BCUT2D eigenvalue weighted by molar-refractivity contribution is -0.122. The molecule has 0 aliphatic heterocycles. The fraction of sp³-hybridized carbons (Fsp3) is 0.248. The maximum absolute atomic E-state index is 13.8. The fourth-order valence-electron chi connectivity index (χ4n) is 16.8. The number of benzene rings is 8. The number of carbonyl (C=O) groups excluding carboxylic acids is 9. The topological polar surface area (TPSA) is 468 Å². The summed E-state index contributed by atoms with van der Waals surface area (Å²) in [6, 6.07) is 46.4. The third-order valence-corrected chi connectivity index (χ3v) is 25.6. The van der Waals surface area contributed by atoms with Gasteiger partial charge in [0.05, 0.1) is 94.1 Å². The van der Waals surface area contributed by atoms with Gasteiger partial charge in [0, 0.05) is 139 Å². The summed E-state index contributed by atoms with van der Waals surface area (Å²) in [6.45, 7) is 12.6. The number of pyridine rings is 4. The van der Waals surface area contributed by atoms with Gasteiger partial charge in [-0.1, -0.05) is 116 Å². The minimum atomic E-state index is -1.05. The molecule has 0 amide bonds. The van der Waals surface area contributed by atoms with Crippen LogP contribution in [0.1, 0.15) is 222 Å². The van der Waals surface area contributed by atoms with Gasteiger partial charge in [0.2, 0.25) is 0 Å². The fourth-order valence-corrected chi connectivity index (χ4v) is 17.5. The molecule has 14 rings (SSSR count). The second-order valence-corrected chi connectivity index (χ2v) is 36.5. The molecule has 4 N–H and O–H groups in total. The number of hydrogen-bond donors (Lipinski definition) is 4. The zero-order valence-corrected chi connectivity index (χ0v) is 86.7. The number of aryl methyl sites for hydroxylation is 1. The van der Waals surface area contributed by atoms with E-state index in [1.54, 1.807) is 147 Å². The number of halogens is 4. The number of methoxy groups -OCH3 is 5. The van der Waals surface area contributed by atoms with E-state index in [2.05, 4.69) is 4.98 Å². The summed E-state index contributed by atoms with van der Waals surface area (Å²) in [5.74, 6) is -4.74. The van der Waals surface area contributed by atoms with Crippen LogP contribution >= 0.6 is 46.4 Å². The third-order valence-electron chi connectivity index (χ3n) is 24.7. The summed E-state index contributed by atoms with van der Waals surface area (Å²) in [5, 5.41) is 29.4. The number of ether oxygens (including phenoxy) is 6. The van der Waals surface area contributed by atoms with Crippen molar-refractivity contribution in [1.82, 2.24) is 23.3 Å². The first-order chi connectivity index (χ1) is 71.4. The Labute approximate surface area is 878 Å². The highest BCUT2D eigenvalue weighted by Crippen LogP contribution is 2.41. The summed E-state index contributed by atoms with van der Waals surface area (Å²) in [4.78, 5) is 215. The van der Waals surface area contributed by atoms with E-state index in [1.807, 2.05) is 6.92 Å². The lowest BCUT2D eigenvalue weighted by atomic mass is 9.96. The number of fused-ring (bicyclic) bond motifs is 1. The summed E-state index contributed by atoms with van der Waals surface area (Å²) >= 11 is 24.7. The molecule has 14 aromatic rings. The summed E-state index contributed by atoms with van der Waals surface area (Å²) in [7, 11) is 7.27. The molecular weight excluding hydrogens is 2020 g/mol. The molecule has 0 aliphatic carbocycles. The van der Waals surface area contributed by atoms with Crippen LogP contribution in [0.15, 0.2) is 252 Å². The Bertz CT molecular complexity index is 7860. The molecule has 0 spiro atoms. The predicted octanol–water partition coefficient (Wildman–Crippen LogP) is 20.4.